The molecule has 96 valence electrons. The third kappa shape index (κ3) is 3.17. The monoisotopic (exact) mass is 244 g/mol. The largest absolute Gasteiger partial charge is 0.310 e. The maximum Gasteiger partial charge on any atom is 0.181 e. The molecule has 2 aromatic rings. The van der Waals surface area contributed by atoms with Crippen LogP contribution in [0.1, 0.15) is 19.7 Å². The van der Waals surface area contributed by atoms with Gasteiger partial charge in [-0.2, -0.15) is 5.10 Å². The third-order valence-corrected chi connectivity index (χ3v) is 2.72. The maximum absolute atomic E-state index is 4.57. The van der Waals surface area contributed by atoms with Crippen LogP contribution >= 0.6 is 0 Å². The Morgan fingerprint density at radius 1 is 1.22 bits per heavy atom. The molecule has 0 atom stereocenters. The minimum absolute atomic E-state index is 0.645. The highest BCUT2D eigenvalue weighted by molar-refractivity contribution is 5.53. The summed E-state index contributed by atoms with van der Waals surface area (Å²) in [6.07, 6.45) is 0. The first-order valence-electron chi connectivity index (χ1n) is 6.33. The molecule has 0 aliphatic carbocycles. The lowest BCUT2D eigenvalue weighted by atomic mass is 10.2. The van der Waals surface area contributed by atoms with Crippen molar-refractivity contribution < 1.29 is 0 Å². The van der Waals surface area contributed by atoms with Gasteiger partial charge in [-0.15, -0.1) is 0 Å². The normalized spacial score (nSPS) is 11.1. The van der Waals surface area contributed by atoms with Crippen LogP contribution in [0.3, 0.4) is 0 Å². The highest BCUT2D eigenvalue weighted by atomic mass is 15.3. The third-order valence-electron chi connectivity index (χ3n) is 2.72. The van der Waals surface area contributed by atoms with Gasteiger partial charge in [-0.05, 0) is 12.5 Å². The zero-order valence-corrected chi connectivity index (χ0v) is 11.2. The molecule has 2 rings (SSSR count). The van der Waals surface area contributed by atoms with E-state index in [2.05, 4.69) is 29.2 Å². The molecule has 0 unspecified atom stereocenters. The smallest absolute Gasteiger partial charge is 0.181 e. The van der Waals surface area contributed by atoms with Crippen LogP contribution in [0.2, 0.25) is 0 Å². The first kappa shape index (κ1) is 12.8. The Morgan fingerprint density at radius 2 is 1.94 bits per heavy atom. The van der Waals surface area contributed by atoms with Gasteiger partial charge in [0.05, 0.1) is 6.54 Å². The minimum Gasteiger partial charge on any atom is -0.310 e. The predicted octanol–water partition coefficient (Wildman–Crippen LogP) is 2.23. The van der Waals surface area contributed by atoms with Gasteiger partial charge in [-0.1, -0.05) is 44.2 Å². The Morgan fingerprint density at radius 3 is 2.61 bits per heavy atom. The molecule has 0 radical (unpaired) electrons. The van der Waals surface area contributed by atoms with Crippen molar-refractivity contribution in [3.63, 3.8) is 0 Å². The molecular formula is C14H20N4. The average molecular weight is 244 g/mol. The van der Waals surface area contributed by atoms with E-state index in [0.717, 1.165) is 30.3 Å². The lowest BCUT2D eigenvalue weighted by Gasteiger charge is -2.05. The molecule has 1 N–H and O–H groups in total. The van der Waals surface area contributed by atoms with E-state index in [1.807, 2.05) is 42.1 Å². The fourth-order valence-electron chi connectivity index (χ4n) is 1.75. The molecule has 0 spiro atoms. The van der Waals surface area contributed by atoms with Crippen LogP contribution in [0.5, 0.6) is 0 Å². The van der Waals surface area contributed by atoms with E-state index < -0.39 is 0 Å². The Kier molecular flexibility index (Phi) is 4.10. The van der Waals surface area contributed by atoms with Gasteiger partial charge in [-0.25, -0.2) is 4.98 Å². The van der Waals surface area contributed by atoms with Crippen molar-refractivity contribution in [2.75, 3.05) is 6.54 Å². The summed E-state index contributed by atoms with van der Waals surface area (Å²) in [7, 11) is 1.94. The number of rotatable bonds is 5. The quantitative estimate of drug-likeness (QED) is 0.877. The predicted molar refractivity (Wildman–Crippen MR) is 73.0 cm³/mol. The molecule has 4 heteroatoms. The standard InChI is InChI=1S/C14H20N4/c1-11(2)9-15-10-13-16-14(17-18(13)3)12-7-5-4-6-8-12/h4-8,11,15H,9-10H2,1-3H3. The van der Waals surface area contributed by atoms with Crippen molar-refractivity contribution in [3.8, 4) is 11.4 Å². The second kappa shape index (κ2) is 5.78. The van der Waals surface area contributed by atoms with Crippen molar-refractivity contribution >= 4 is 0 Å². The molecule has 1 aromatic carbocycles. The van der Waals surface area contributed by atoms with Crippen LogP contribution in [0.25, 0.3) is 11.4 Å². The number of aromatic nitrogens is 3. The fraction of sp³-hybridized carbons (Fsp3) is 0.429. The number of benzene rings is 1. The Balaban J connectivity index is 2.08. The molecule has 0 amide bonds. The summed E-state index contributed by atoms with van der Waals surface area (Å²) in [5, 5.41) is 7.83. The van der Waals surface area contributed by atoms with Gasteiger partial charge in [0.25, 0.3) is 0 Å². The number of nitrogens with one attached hydrogen (secondary N) is 1. The van der Waals surface area contributed by atoms with Gasteiger partial charge in [-0.3, -0.25) is 4.68 Å². The lowest BCUT2D eigenvalue weighted by molar-refractivity contribution is 0.531. The highest BCUT2D eigenvalue weighted by Gasteiger charge is 2.08. The Bertz CT molecular complexity index is 488. The van der Waals surface area contributed by atoms with Gasteiger partial charge >= 0.3 is 0 Å². The molecule has 0 bridgehead atoms. The van der Waals surface area contributed by atoms with Crippen molar-refractivity contribution in [1.82, 2.24) is 20.1 Å². The van der Waals surface area contributed by atoms with Crippen LogP contribution in [-0.2, 0) is 13.6 Å². The van der Waals surface area contributed by atoms with Crippen LogP contribution < -0.4 is 5.32 Å². The maximum atomic E-state index is 4.57. The van der Waals surface area contributed by atoms with E-state index in [1.54, 1.807) is 0 Å². The molecule has 0 aliphatic rings. The van der Waals surface area contributed by atoms with Crippen molar-refractivity contribution in [3.05, 3.63) is 36.2 Å². The van der Waals surface area contributed by atoms with Gasteiger partial charge in [0.1, 0.15) is 5.82 Å². The summed E-state index contributed by atoms with van der Waals surface area (Å²) in [6, 6.07) is 10.1. The molecule has 0 fully saturated rings. The summed E-state index contributed by atoms with van der Waals surface area (Å²) in [5.41, 5.74) is 1.06. The number of aryl methyl sites for hydroxylation is 1. The molecule has 4 nitrogen and oxygen atoms in total. The molecule has 18 heavy (non-hydrogen) atoms. The van der Waals surface area contributed by atoms with Gasteiger partial charge < -0.3 is 5.32 Å². The molecule has 0 saturated carbocycles. The SMILES string of the molecule is CC(C)CNCc1nc(-c2ccccc2)nn1C. The van der Waals surface area contributed by atoms with Crippen LogP contribution in [0.15, 0.2) is 30.3 Å². The molecule has 1 aromatic heterocycles. The van der Waals surface area contributed by atoms with Crippen molar-refractivity contribution in [1.29, 1.82) is 0 Å². The topological polar surface area (TPSA) is 42.7 Å². The van der Waals surface area contributed by atoms with Crippen LogP contribution in [0, 0.1) is 5.92 Å². The summed E-state index contributed by atoms with van der Waals surface area (Å²) in [6.45, 7) is 6.14. The van der Waals surface area contributed by atoms with Gasteiger partial charge in [0.2, 0.25) is 0 Å². The molecule has 0 aliphatic heterocycles. The van der Waals surface area contributed by atoms with E-state index in [1.165, 1.54) is 0 Å². The zero-order chi connectivity index (χ0) is 13.0. The first-order valence-corrected chi connectivity index (χ1v) is 6.33. The average Bonchev–Trinajstić information content (AvgIpc) is 2.72. The minimum atomic E-state index is 0.645. The second-order valence-electron chi connectivity index (χ2n) is 4.87. The Hall–Kier alpha value is -1.68. The fourth-order valence-corrected chi connectivity index (χ4v) is 1.75. The van der Waals surface area contributed by atoms with Gasteiger partial charge in [0.15, 0.2) is 5.82 Å². The van der Waals surface area contributed by atoms with E-state index in [0.29, 0.717) is 5.92 Å². The van der Waals surface area contributed by atoms with E-state index in [9.17, 15) is 0 Å². The number of nitrogens with zero attached hydrogens (tertiary/aromatic N) is 3. The lowest BCUT2D eigenvalue weighted by Crippen LogP contribution is -2.21. The molecular weight excluding hydrogens is 224 g/mol. The molecule has 0 saturated heterocycles. The van der Waals surface area contributed by atoms with Crippen LogP contribution in [-0.4, -0.2) is 21.3 Å². The zero-order valence-electron chi connectivity index (χ0n) is 11.2. The van der Waals surface area contributed by atoms with E-state index in [-0.39, 0.29) is 0 Å². The van der Waals surface area contributed by atoms with Gasteiger partial charge in [0, 0.05) is 12.6 Å². The summed E-state index contributed by atoms with van der Waals surface area (Å²) in [4.78, 5) is 4.57. The highest BCUT2D eigenvalue weighted by Crippen LogP contribution is 2.14. The summed E-state index contributed by atoms with van der Waals surface area (Å²) < 4.78 is 1.84. The van der Waals surface area contributed by atoms with Crippen molar-refractivity contribution in [2.45, 2.75) is 20.4 Å². The Labute approximate surface area is 108 Å². The number of hydrogen-bond donors (Lipinski definition) is 1. The second-order valence-corrected chi connectivity index (χ2v) is 4.87. The van der Waals surface area contributed by atoms with E-state index in [4.69, 9.17) is 0 Å². The first-order chi connectivity index (χ1) is 8.66. The molecule has 1 heterocycles. The van der Waals surface area contributed by atoms with Crippen molar-refractivity contribution in [2.24, 2.45) is 13.0 Å². The van der Waals surface area contributed by atoms with E-state index >= 15 is 0 Å². The number of hydrogen-bond acceptors (Lipinski definition) is 3. The summed E-state index contributed by atoms with van der Waals surface area (Å²) in [5.74, 6) is 2.40. The van der Waals surface area contributed by atoms with Crippen LogP contribution in [0.4, 0.5) is 0 Å². The summed E-state index contributed by atoms with van der Waals surface area (Å²) >= 11 is 0.